The van der Waals surface area contributed by atoms with Crippen LogP contribution in [0.15, 0.2) is 18.2 Å². The summed E-state index contributed by atoms with van der Waals surface area (Å²) in [5, 5.41) is 0.377. The summed E-state index contributed by atoms with van der Waals surface area (Å²) in [5.74, 6) is -0.705. The van der Waals surface area contributed by atoms with Crippen molar-refractivity contribution in [2.45, 2.75) is 25.7 Å². The predicted molar refractivity (Wildman–Crippen MR) is 88.7 cm³/mol. The number of rotatable bonds is 4. The number of carbonyl (C=O) groups excluding carboxylic acids is 3. The van der Waals surface area contributed by atoms with Crippen LogP contribution in [0.4, 0.5) is 0 Å². The second-order valence-corrected chi connectivity index (χ2v) is 5.91. The van der Waals surface area contributed by atoms with Crippen LogP contribution in [0, 0.1) is 0 Å². The van der Waals surface area contributed by atoms with E-state index >= 15 is 0 Å². The molecule has 1 saturated heterocycles. The van der Waals surface area contributed by atoms with E-state index in [1.54, 1.807) is 12.1 Å². The average Bonchev–Trinajstić information content (AvgIpc) is 2.77. The van der Waals surface area contributed by atoms with Gasteiger partial charge in [-0.2, -0.15) is 0 Å². The Morgan fingerprint density at radius 3 is 2.79 bits per heavy atom. The van der Waals surface area contributed by atoms with Crippen molar-refractivity contribution in [3.05, 3.63) is 28.8 Å². The number of benzene rings is 1. The fourth-order valence-corrected chi connectivity index (χ4v) is 2.64. The standard InChI is InChI=1S/C16H20ClN3O4/c1-24-13-7-6-11(17)9-12(13)16(23)19-18-14(21)10-20-8-4-2-3-5-15(20)22/h6-7,9H,2-5,8,10H2,1H3,(H,18,21)(H,19,23). The Hall–Kier alpha value is -2.28. The number of hydrogen-bond acceptors (Lipinski definition) is 4. The quantitative estimate of drug-likeness (QED) is 0.803. The Balaban J connectivity index is 1.90. The van der Waals surface area contributed by atoms with E-state index < -0.39 is 11.8 Å². The number of carbonyl (C=O) groups is 3. The molecule has 7 nitrogen and oxygen atoms in total. The molecule has 0 aromatic heterocycles. The van der Waals surface area contributed by atoms with Crippen molar-refractivity contribution in [1.82, 2.24) is 15.8 Å². The highest BCUT2D eigenvalue weighted by atomic mass is 35.5. The van der Waals surface area contributed by atoms with Gasteiger partial charge in [0, 0.05) is 18.0 Å². The second kappa shape index (κ2) is 8.54. The van der Waals surface area contributed by atoms with Gasteiger partial charge < -0.3 is 9.64 Å². The summed E-state index contributed by atoms with van der Waals surface area (Å²) in [6.45, 7) is 0.480. The lowest BCUT2D eigenvalue weighted by atomic mass is 10.2. The van der Waals surface area contributed by atoms with E-state index in [0.29, 0.717) is 23.7 Å². The number of nitrogens with zero attached hydrogens (tertiary/aromatic N) is 1. The first-order valence-corrected chi connectivity index (χ1v) is 8.09. The van der Waals surface area contributed by atoms with Gasteiger partial charge in [0.25, 0.3) is 11.8 Å². The third-order valence-corrected chi connectivity index (χ3v) is 3.96. The van der Waals surface area contributed by atoms with Crippen LogP contribution in [0.3, 0.4) is 0 Å². The number of nitrogens with one attached hydrogen (secondary N) is 2. The van der Waals surface area contributed by atoms with Crippen molar-refractivity contribution in [2.24, 2.45) is 0 Å². The van der Waals surface area contributed by atoms with Crippen molar-refractivity contribution in [1.29, 1.82) is 0 Å². The summed E-state index contributed by atoms with van der Waals surface area (Å²) < 4.78 is 5.09. The van der Waals surface area contributed by atoms with E-state index in [2.05, 4.69) is 10.9 Å². The molecule has 0 bridgehead atoms. The maximum Gasteiger partial charge on any atom is 0.273 e. The van der Waals surface area contributed by atoms with E-state index in [9.17, 15) is 14.4 Å². The van der Waals surface area contributed by atoms with Crippen molar-refractivity contribution < 1.29 is 19.1 Å². The molecule has 1 heterocycles. The molecule has 130 valence electrons. The fourth-order valence-electron chi connectivity index (χ4n) is 2.47. The summed E-state index contributed by atoms with van der Waals surface area (Å²) >= 11 is 5.87. The molecule has 0 saturated carbocycles. The van der Waals surface area contributed by atoms with Gasteiger partial charge in [0.05, 0.1) is 12.7 Å². The molecule has 2 rings (SSSR count). The average molecular weight is 354 g/mol. The van der Waals surface area contributed by atoms with Crippen LogP contribution in [0.1, 0.15) is 36.0 Å². The molecule has 2 N–H and O–H groups in total. The molecule has 1 aromatic rings. The predicted octanol–water partition coefficient (Wildman–Crippen LogP) is 1.51. The molecular formula is C16H20ClN3O4. The monoisotopic (exact) mass is 353 g/mol. The van der Waals surface area contributed by atoms with Gasteiger partial charge in [-0.3, -0.25) is 25.2 Å². The molecule has 24 heavy (non-hydrogen) atoms. The highest BCUT2D eigenvalue weighted by Crippen LogP contribution is 2.22. The molecule has 0 radical (unpaired) electrons. The molecule has 1 aliphatic rings. The molecule has 8 heteroatoms. The first kappa shape index (κ1) is 18.1. The molecule has 1 fully saturated rings. The number of hydrazine groups is 1. The van der Waals surface area contributed by atoms with Crippen molar-refractivity contribution in [3.63, 3.8) is 0 Å². The molecule has 3 amide bonds. The largest absolute Gasteiger partial charge is 0.496 e. The number of likely N-dealkylation sites (tertiary alicyclic amines) is 1. The van der Waals surface area contributed by atoms with Gasteiger partial charge in [-0.25, -0.2) is 0 Å². The first-order chi connectivity index (χ1) is 11.5. The zero-order valence-electron chi connectivity index (χ0n) is 13.4. The Labute approximate surface area is 145 Å². The number of hydrogen-bond donors (Lipinski definition) is 2. The smallest absolute Gasteiger partial charge is 0.273 e. The highest BCUT2D eigenvalue weighted by Gasteiger charge is 2.20. The number of methoxy groups -OCH3 is 1. The third-order valence-electron chi connectivity index (χ3n) is 3.73. The fraction of sp³-hybridized carbons (Fsp3) is 0.438. The van der Waals surface area contributed by atoms with Crippen molar-refractivity contribution in [2.75, 3.05) is 20.2 Å². The van der Waals surface area contributed by atoms with Gasteiger partial charge in [0.15, 0.2) is 0 Å². The molecule has 0 aliphatic carbocycles. The summed E-state index contributed by atoms with van der Waals surface area (Å²) in [7, 11) is 1.43. The summed E-state index contributed by atoms with van der Waals surface area (Å²) in [4.78, 5) is 37.5. The van der Waals surface area contributed by atoms with Crippen LogP contribution in [0.5, 0.6) is 5.75 Å². The van der Waals surface area contributed by atoms with E-state index in [0.717, 1.165) is 19.3 Å². The van der Waals surface area contributed by atoms with Crippen LogP contribution in [-0.4, -0.2) is 42.8 Å². The Kier molecular flexibility index (Phi) is 6.43. The number of halogens is 1. The lowest BCUT2D eigenvalue weighted by molar-refractivity contribution is -0.135. The molecule has 0 atom stereocenters. The molecule has 1 aliphatic heterocycles. The maximum absolute atomic E-state index is 12.1. The van der Waals surface area contributed by atoms with Gasteiger partial charge in [-0.1, -0.05) is 18.0 Å². The summed E-state index contributed by atoms with van der Waals surface area (Å²) in [5.41, 5.74) is 4.82. The van der Waals surface area contributed by atoms with Crippen LogP contribution >= 0.6 is 11.6 Å². The minimum absolute atomic E-state index is 0.0366. The molecule has 1 aromatic carbocycles. The zero-order chi connectivity index (χ0) is 17.5. The molecule has 0 unspecified atom stereocenters. The highest BCUT2D eigenvalue weighted by molar-refractivity contribution is 6.31. The van der Waals surface area contributed by atoms with Gasteiger partial charge in [-0.05, 0) is 31.0 Å². The number of amides is 3. The molecular weight excluding hydrogens is 334 g/mol. The van der Waals surface area contributed by atoms with Crippen molar-refractivity contribution in [3.8, 4) is 5.75 Å². The van der Waals surface area contributed by atoms with Crippen molar-refractivity contribution >= 4 is 29.3 Å². The Bertz CT molecular complexity index is 636. The minimum atomic E-state index is -0.551. The topological polar surface area (TPSA) is 87.7 Å². The third kappa shape index (κ3) is 4.86. The minimum Gasteiger partial charge on any atom is -0.496 e. The van der Waals surface area contributed by atoms with Crippen LogP contribution in [0.25, 0.3) is 0 Å². The van der Waals surface area contributed by atoms with Gasteiger partial charge in [0.1, 0.15) is 12.3 Å². The summed E-state index contributed by atoms with van der Waals surface area (Å²) in [6.07, 6.45) is 3.17. The zero-order valence-corrected chi connectivity index (χ0v) is 14.2. The van der Waals surface area contributed by atoms with Crippen LogP contribution in [0.2, 0.25) is 5.02 Å². The SMILES string of the molecule is COc1ccc(Cl)cc1C(=O)NNC(=O)CN1CCCCCC1=O. The van der Waals surface area contributed by atoms with E-state index in [-0.39, 0.29) is 18.0 Å². The van der Waals surface area contributed by atoms with Crippen LogP contribution < -0.4 is 15.6 Å². The van der Waals surface area contributed by atoms with Gasteiger partial charge >= 0.3 is 0 Å². The maximum atomic E-state index is 12.1. The lowest BCUT2D eigenvalue weighted by Crippen LogP contribution is -2.47. The van der Waals surface area contributed by atoms with E-state index in [1.165, 1.54) is 18.1 Å². The van der Waals surface area contributed by atoms with E-state index in [4.69, 9.17) is 16.3 Å². The Morgan fingerprint density at radius 1 is 1.25 bits per heavy atom. The summed E-state index contributed by atoms with van der Waals surface area (Å²) in [6, 6.07) is 4.61. The van der Waals surface area contributed by atoms with Crippen LogP contribution in [-0.2, 0) is 9.59 Å². The number of ether oxygens (including phenoxy) is 1. The Morgan fingerprint density at radius 2 is 2.04 bits per heavy atom. The normalized spacial score (nSPS) is 14.8. The van der Waals surface area contributed by atoms with Gasteiger partial charge in [0.2, 0.25) is 5.91 Å². The molecule has 0 spiro atoms. The second-order valence-electron chi connectivity index (χ2n) is 5.47. The van der Waals surface area contributed by atoms with E-state index in [1.807, 2.05) is 0 Å². The lowest BCUT2D eigenvalue weighted by Gasteiger charge is -2.20. The van der Waals surface area contributed by atoms with Gasteiger partial charge in [-0.15, -0.1) is 0 Å². The first-order valence-electron chi connectivity index (χ1n) is 7.71.